The molecule has 88 valence electrons. The number of H-pyrrole nitrogens is 1. The molecule has 0 bridgehead atoms. The van der Waals surface area contributed by atoms with E-state index in [2.05, 4.69) is 4.98 Å². The number of carboxylic acid groups (broad SMARTS) is 1. The lowest BCUT2D eigenvalue weighted by molar-refractivity contribution is 0.0682. The van der Waals surface area contributed by atoms with Crippen LogP contribution in [0.4, 0.5) is 0 Å². The van der Waals surface area contributed by atoms with Crippen molar-refractivity contribution >= 4 is 15.8 Å². The normalized spacial score (nSPS) is 23.4. The highest BCUT2D eigenvalue weighted by Gasteiger charge is 2.32. The van der Waals surface area contributed by atoms with E-state index < -0.39 is 27.5 Å². The third-order valence-corrected chi connectivity index (χ3v) is 4.35. The van der Waals surface area contributed by atoms with E-state index in [1.165, 1.54) is 0 Å². The minimum absolute atomic E-state index is 0.00561. The molecule has 0 amide bonds. The monoisotopic (exact) mass is 246 g/mol. The summed E-state index contributed by atoms with van der Waals surface area (Å²) in [6.07, 6.45) is 1.36. The van der Waals surface area contributed by atoms with Crippen molar-refractivity contribution in [2.45, 2.75) is 12.5 Å². The largest absolute Gasteiger partial charge is 0.477 e. The molecule has 0 aromatic carbocycles. The molecule has 1 unspecified atom stereocenters. The summed E-state index contributed by atoms with van der Waals surface area (Å²) in [6.45, 7) is 0. The quantitative estimate of drug-likeness (QED) is 0.712. The van der Waals surface area contributed by atoms with Crippen LogP contribution in [0.15, 0.2) is 11.0 Å². The first kappa shape index (κ1) is 10.9. The number of hydrogen-bond acceptors (Lipinski definition) is 4. The first-order valence-corrected chi connectivity index (χ1v) is 6.46. The van der Waals surface area contributed by atoms with Crippen LogP contribution < -0.4 is 5.69 Å². The Kier molecular flexibility index (Phi) is 2.38. The molecule has 1 saturated heterocycles. The number of aromatic nitrogens is 2. The number of aromatic carboxylic acids is 1. The maximum absolute atomic E-state index is 11.4. The Hall–Kier alpha value is -1.57. The number of carboxylic acids is 1. The fourth-order valence-corrected chi connectivity index (χ4v) is 3.58. The highest BCUT2D eigenvalue weighted by atomic mass is 32.2. The first-order valence-electron chi connectivity index (χ1n) is 4.64. The van der Waals surface area contributed by atoms with Crippen molar-refractivity contribution in [1.82, 2.24) is 9.55 Å². The third-order valence-electron chi connectivity index (χ3n) is 2.60. The van der Waals surface area contributed by atoms with Crippen molar-refractivity contribution < 1.29 is 18.3 Å². The van der Waals surface area contributed by atoms with E-state index in [0.717, 1.165) is 10.8 Å². The Bertz CT molecular complexity index is 582. The van der Waals surface area contributed by atoms with Gasteiger partial charge in [-0.1, -0.05) is 0 Å². The standard InChI is InChI=1S/C8H10N2O5S/c11-7(12)6-3-9-8(13)10(6)5-1-2-16(14,15)4-5/h3,5H,1-2,4H2,(H,9,13)(H,11,12). The predicted octanol–water partition coefficient (Wildman–Crippen LogP) is -0.766. The number of hydrogen-bond donors (Lipinski definition) is 2. The zero-order chi connectivity index (χ0) is 11.9. The fraction of sp³-hybridized carbons (Fsp3) is 0.500. The maximum Gasteiger partial charge on any atom is 0.354 e. The van der Waals surface area contributed by atoms with Crippen molar-refractivity contribution in [3.63, 3.8) is 0 Å². The molecule has 0 spiro atoms. The molecular weight excluding hydrogens is 236 g/mol. The predicted molar refractivity (Wildman–Crippen MR) is 54.3 cm³/mol. The number of rotatable bonds is 2. The number of sulfone groups is 1. The van der Waals surface area contributed by atoms with Gasteiger partial charge in [0.15, 0.2) is 9.84 Å². The lowest BCUT2D eigenvalue weighted by atomic mass is 10.2. The highest BCUT2D eigenvalue weighted by Crippen LogP contribution is 2.23. The van der Waals surface area contributed by atoms with Crippen molar-refractivity contribution in [2.24, 2.45) is 0 Å². The van der Waals surface area contributed by atoms with Crippen LogP contribution in [0.1, 0.15) is 23.0 Å². The van der Waals surface area contributed by atoms with Gasteiger partial charge in [0.05, 0.1) is 17.5 Å². The summed E-state index contributed by atoms with van der Waals surface area (Å²) in [5, 5.41) is 8.84. The molecule has 2 N–H and O–H groups in total. The molecule has 7 nitrogen and oxygen atoms in total. The van der Waals surface area contributed by atoms with E-state index in [4.69, 9.17) is 5.11 Å². The molecule has 2 heterocycles. The van der Waals surface area contributed by atoms with Gasteiger partial charge in [-0.2, -0.15) is 0 Å². The maximum atomic E-state index is 11.4. The zero-order valence-corrected chi connectivity index (χ0v) is 9.03. The van der Waals surface area contributed by atoms with E-state index in [1.54, 1.807) is 0 Å². The second-order valence-electron chi connectivity index (χ2n) is 3.71. The molecule has 1 aromatic rings. The van der Waals surface area contributed by atoms with Gasteiger partial charge in [0.2, 0.25) is 0 Å². The summed E-state index contributed by atoms with van der Waals surface area (Å²) in [5.41, 5.74) is -0.786. The number of aromatic amines is 1. The average molecular weight is 246 g/mol. The van der Waals surface area contributed by atoms with Crippen molar-refractivity contribution in [1.29, 1.82) is 0 Å². The van der Waals surface area contributed by atoms with E-state index in [1.807, 2.05) is 0 Å². The average Bonchev–Trinajstić information content (AvgIpc) is 2.69. The summed E-state index contributed by atoms with van der Waals surface area (Å²) in [7, 11) is -3.15. The van der Waals surface area contributed by atoms with Crippen LogP contribution in [0.25, 0.3) is 0 Å². The van der Waals surface area contributed by atoms with Gasteiger partial charge in [-0.3, -0.25) is 4.57 Å². The van der Waals surface area contributed by atoms with Gasteiger partial charge >= 0.3 is 11.7 Å². The third kappa shape index (κ3) is 1.75. The van der Waals surface area contributed by atoms with E-state index >= 15 is 0 Å². The highest BCUT2D eigenvalue weighted by molar-refractivity contribution is 7.91. The molecule has 16 heavy (non-hydrogen) atoms. The molecule has 2 rings (SSSR count). The lowest BCUT2D eigenvalue weighted by Gasteiger charge is -2.10. The SMILES string of the molecule is O=C(O)c1c[nH]c(=O)n1C1CCS(=O)(=O)C1. The zero-order valence-electron chi connectivity index (χ0n) is 8.21. The van der Waals surface area contributed by atoms with Gasteiger partial charge in [-0.05, 0) is 6.42 Å². The molecule has 0 radical (unpaired) electrons. The minimum Gasteiger partial charge on any atom is -0.477 e. The summed E-state index contributed by atoms with van der Waals surface area (Å²) in [6, 6.07) is -0.574. The summed E-state index contributed by atoms with van der Waals surface area (Å²) in [4.78, 5) is 24.5. The molecule has 0 saturated carbocycles. The summed E-state index contributed by atoms with van der Waals surface area (Å²) in [5.74, 6) is -1.43. The van der Waals surface area contributed by atoms with Gasteiger partial charge in [-0.15, -0.1) is 0 Å². The van der Waals surface area contributed by atoms with Crippen LogP contribution in [0.5, 0.6) is 0 Å². The molecule has 1 fully saturated rings. The topological polar surface area (TPSA) is 109 Å². The smallest absolute Gasteiger partial charge is 0.354 e. The molecule has 1 atom stereocenters. The van der Waals surface area contributed by atoms with Gasteiger partial charge in [-0.25, -0.2) is 18.0 Å². The van der Waals surface area contributed by atoms with Crippen LogP contribution in [-0.4, -0.2) is 40.6 Å². The van der Waals surface area contributed by atoms with Crippen LogP contribution in [0.3, 0.4) is 0 Å². The Morgan fingerprint density at radius 1 is 1.56 bits per heavy atom. The minimum atomic E-state index is -3.15. The van der Waals surface area contributed by atoms with Gasteiger partial charge in [0.25, 0.3) is 0 Å². The van der Waals surface area contributed by atoms with E-state index in [9.17, 15) is 18.0 Å². The molecule has 1 aromatic heterocycles. The van der Waals surface area contributed by atoms with E-state index in [-0.39, 0.29) is 23.6 Å². The van der Waals surface area contributed by atoms with E-state index in [0.29, 0.717) is 0 Å². The molecule has 8 heteroatoms. The number of nitrogens with zero attached hydrogens (tertiary/aromatic N) is 1. The molecular formula is C8H10N2O5S. The van der Waals surface area contributed by atoms with Gasteiger partial charge in [0.1, 0.15) is 5.69 Å². The number of carbonyl (C=O) groups is 1. The lowest BCUT2D eigenvalue weighted by Crippen LogP contribution is -2.26. The Morgan fingerprint density at radius 3 is 2.75 bits per heavy atom. The van der Waals surface area contributed by atoms with Crippen LogP contribution in [0, 0.1) is 0 Å². The number of imidazole rings is 1. The van der Waals surface area contributed by atoms with Crippen LogP contribution in [-0.2, 0) is 9.84 Å². The van der Waals surface area contributed by atoms with Gasteiger partial charge < -0.3 is 10.1 Å². The fourth-order valence-electron chi connectivity index (χ4n) is 1.88. The van der Waals surface area contributed by atoms with Crippen LogP contribution >= 0.6 is 0 Å². The number of nitrogens with one attached hydrogen (secondary N) is 1. The van der Waals surface area contributed by atoms with Gasteiger partial charge in [0, 0.05) is 6.20 Å². The summed E-state index contributed by atoms with van der Waals surface area (Å²) < 4.78 is 23.5. The molecule has 0 aliphatic carbocycles. The Morgan fingerprint density at radius 2 is 2.25 bits per heavy atom. The molecule has 1 aliphatic heterocycles. The van der Waals surface area contributed by atoms with Crippen molar-refractivity contribution in [3.05, 3.63) is 22.4 Å². The Labute approximate surface area is 90.6 Å². The second-order valence-corrected chi connectivity index (χ2v) is 5.94. The van der Waals surface area contributed by atoms with Crippen molar-refractivity contribution in [2.75, 3.05) is 11.5 Å². The van der Waals surface area contributed by atoms with Crippen LogP contribution in [0.2, 0.25) is 0 Å². The molecule has 1 aliphatic rings. The second kappa shape index (κ2) is 3.48. The first-order chi connectivity index (χ1) is 7.41. The Balaban J connectivity index is 2.45. The van der Waals surface area contributed by atoms with Crippen molar-refractivity contribution in [3.8, 4) is 0 Å². The summed E-state index contributed by atoms with van der Waals surface area (Å²) >= 11 is 0.